The Bertz CT molecular complexity index is 1160. The summed E-state index contributed by atoms with van der Waals surface area (Å²) < 4.78 is 12.1. The molecule has 0 radical (unpaired) electrons. The maximum atomic E-state index is 13.4. The van der Waals surface area contributed by atoms with Crippen molar-refractivity contribution in [1.29, 1.82) is 0 Å². The molecule has 3 aliphatic rings. The Labute approximate surface area is 270 Å². The van der Waals surface area contributed by atoms with Crippen LogP contribution in [0.4, 0.5) is 4.79 Å². The third kappa shape index (κ3) is 10.8. The lowest BCUT2D eigenvalue weighted by molar-refractivity contribution is -0.150. The Morgan fingerprint density at radius 2 is 1.82 bits per heavy atom. The van der Waals surface area contributed by atoms with Gasteiger partial charge in [0.2, 0.25) is 0 Å². The van der Waals surface area contributed by atoms with Crippen LogP contribution in [-0.2, 0) is 20.7 Å². The number of amides is 1. The number of rotatable bonds is 6. The maximum Gasteiger partial charge on any atom is 0.410 e. The largest absolute Gasteiger partial charge is 0.457 e. The first-order chi connectivity index (χ1) is 21.6. The summed E-state index contributed by atoms with van der Waals surface area (Å²) in [6.07, 6.45) is 19.5. The van der Waals surface area contributed by atoms with E-state index in [2.05, 4.69) is 9.88 Å². The highest BCUT2D eigenvalue weighted by atomic mass is 16.6. The summed E-state index contributed by atoms with van der Waals surface area (Å²) in [6, 6.07) is 6.48. The van der Waals surface area contributed by atoms with Crippen LogP contribution in [0.2, 0.25) is 0 Å². The van der Waals surface area contributed by atoms with Crippen molar-refractivity contribution >= 4 is 12.1 Å². The van der Waals surface area contributed by atoms with E-state index in [1.165, 1.54) is 38.5 Å². The molecular weight excluding hydrogens is 566 g/mol. The zero-order valence-electron chi connectivity index (χ0n) is 27.9. The first-order valence-corrected chi connectivity index (χ1v) is 17.2. The number of aromatic nitrogens is 1. The molecule has 0 unspecified atom stereocenters. The van der Waals surface area contributed by atoms with Crippen LogP contribution >= 0.6 is 0 Å². The van der Waals surface area contributed by atoms with Gasteiger partial charge in [0.15, 0.2) is 6.10 Å². The monoisotopic (exact) mass is 621 g/mol. The number of hydrogen-bond donors (Lipinski definition) is 1. The second kappa shape index (κ2) is 17.1. The fourth-order valence-corrected chi connectivity index (χ4v) is 6.72. The number of hydrogen-bond acceptors (Lipinski definition) is 7. The number of cyclic esters (lactones) is 1. The van der Waals surface area contributed by atoms with Gasteiger partial charge in [-0.25, -0.2) is 4.79 Å². The Balaban J connectivity index is 1.44. The molecule has 0 aromatic carbocycles. The Morgan fingerprint density at radius 1 is 1.09 bits per heavy atom. The molecule has 0 bridgehead atoms. The van der Waals surface area contributed by atoms with Gasteiger partial charge in [0.25, 0.3) is 0 Å². The van der Waals surface area contributed by atoms with Crippen LogP contribution in [0.1, 0.15) is 91.2 Å². The molecular formula is C37H55N3O5. The molecule has 5 atom stereocenters. The number of pyridine rings is 1. The van der Waals surface area contributed by atoms with Crippen molar-refractivity contribution in [1.82, 2.24) is 14.8 Å². The summed E-state index contributed by atoms with van der Waals surface area (Å²) in [6.45, 7) is 10.7. The number of aliphatic hydroxyl groups is 1. The molecule has 248 valence electrons. The predicted octanol–water partition coefficient (Wildman–Crippen LogP) is 6.65. The average molecular weight is 622 g/mol. The minimum atomic E-state index is -1.28. The second-order valence-electron chi connectivity index (χ2n) is 13.7. The SMILES string of the molecule is C/C(=C\C=C\Cc1ccccn1)[C@H]1OC(=O)C[C@H](C)CC[C@@](C)(O)[C@@H](OC(=O)N2CCN(C3CCCCCC3)CC2)/C=C/[C@@H]1C. The number of ether oxygens (including phenoxy) is 2. The van der Waals surface area contributed by atoms with Crippen LogP contribution in [0.5, 0.6) is 0 Å². The first kappa shape index (κ1) is 34.9. The fourth-order valence-electron chi connectivity index (χ4n) is 6.72. The molecule has 3 heterocycles. The van der Waals surface area contributed by atoms with E-state index in [0.717, 1.165) is 24.4 Å². The summed E-state index contributed by atoms with van der Waals surface area (Å²) in [5.41, 5.74) is 0.617. The molecule has 1 saturated heterocycles. The van der Waals surface area contributed by atoms with Crippen LogP contribution in [0.15, 0.2) is 60.3 Å². The van der Waals surface area contributed by atoms with E-state index < -0.39 is 17.8 Å². The Morgan fingerprint density at radius 3 is 2.51 bits per heavy atom. The van der Waals surface area contributed by atoms with Gasteiger partial charge in [-0.05, 0) is 69.2 Å². The molecule has 1 aromatic rings. The van der Waals surface area contributed by atoms with Crippen molar-refractivity contribution in [3.63, 3.8) is 0 Å². The van der Waals surface area contributed by atoms with Crippen molar-refractivity contribution in [2.24, 2.45) is 11.8 Å². The Hall–Kier alpha value is -2.97. The average Bonchev–Trinajstić information content (AvgIpc) is 3.32. The van der Waals surface area contributed by atoms with E-state index in [0.29, 0.717) is 38.4 Å². The van der Waals surface area contributed by atoms with Crippen molar-refractivity contribution in [2.45, 2.75) is 116 Å². The quantitative estimate of drug-likeness (QED) is 0.165. The van der Waals surface area contributed by atoms with Crippen LogP contribution in [0, 0.1) is 11.8 Å². The van der Waals surface area contributed by atoms with Crippen LogP contribution < -0.4 is 0 Å². The van der Waals surface area contributed by atoms with Crippen LogP contribution in [-0.4, -0.2) is 82.0 Å². The summed E-state index contributed by atoms with van der Waals surface area (Å²) in [7, 11) is 0. The minimum Gasteiger partial charge on any atom is -0.457 e. The van der Waals surface area contributed by atoms with E-state index in [1.54, 1.807) is 24.1 Å². The lowest BCUT2D eigenvalue weighted by Gasteiger charge is -2.40. The van der Waals surface area contributed by atoms with Crippen molar-refractivity contribution in [3.05, 3.63) is 66.0 Å². The molecule has 2 aliphatic heterocycles. The topological polar surface area (TPSA) is 92.2 Å². The van der Waals surface area contributed by atoms with Gasteiger partial charge < -0.3 is 19.5 Å². The zero-order chi connectivity index (χ0) is 32.2. The fraction of sp³-hybridized carbons (Fsp3) is 0.649. The van der Waals surface area contributed by atoms with Gasteiger partial charge in [0.05, 0.1) is 0 Å². The highest BCUT2D eigenvalue weighted by Crippen LogP contribution is 2.29. The van der Waals surface area contributed by atoms with E-state index in [9.17, 15) is 14.7 Å². The minimum absolute atomic E-state index is 0.0132. The van der Waals surface area contributed by atoms with E-state index in [1.807, 2.05) is 63.3 Å². The number of allylic oxidation sites excluding steroid dienone is 3. The molecule has 4 rings (SSSR count). The van der Waals surface area contributed by atoms with E-state index in [-0.39, 0.29) is 30.3 Å². The second-order valence-corrected chi connectivity index (χ2v) is 13.7. The normalized spacial score (nSPS) is 31.0. The smallest absolute Gasteiger partial charge is 0.410 e. The summed E-state index contributed by atoms with van der Waals surface area (Å²) >= 11 is 0. The van der Waals surface area contributed by atoms with E-state index in [4.69, 9.17) is 9.47 Å². The van der Waals surface area contributed by atoms with Gasteiger partial charge in [-0.2, -0.15) is 0 Å². The lowest BCUT2D eigenvalue weighted by atomic mass is 9.87. The molecule has 1 N–H and O–H groups in total. The summed E-state index contributed by atoms with van der Waals surface area (Å²) in [5, 5.41) is 11.6. The van der Waals surface area contributed by atoms with Gasteiger partial charge in [0, 0.05) is 62.9 Å². The number of carbonyl (C=O) groups is 2. The molecule has 1 aromatic heterocycles. The predicted molar refractivity (Wildman–Crippen MR) is 178 cm³/mol. The van der Waals surface area contributed by atoms with Gasteiger partial charge in [-0.1, -0.05) is 69.9 Å². The summed E-state index contributed by atoms with van der Waals surface area (Å²) in [4.78, 5) is 35.1. The zero-order valence-corrected chi connectivity index (χ0v) is 27.9. The molecule has 0 spiro atoms. The summed E-state index contributed by atoms with van der Waals surface area (Å²) in [5.74, 6) is -0.437. The standard InChI is InChI=1S/C37H55N3O5/c1-28-20-21-37(4,43)33(44-36(42)40-25-23-39(24-26-40)32-16-7-5-6-8-17-32)19-18-30(3)35(45-34(41)27-28)29(2)13-9-10-14-31-15-11-12-22-38-31/h9-13,15,18-19,22,28,30,32-33,35,43H,5-8,14,16-17,20-21,23-27H2,1-4H3/b10-9+,19-18+,29-13+/t28-,30+,33+,35-,37-/m1/s1. The molecule has 8 heteroatoms. The van der Waals surface area contributed by atoms with Gasteiger partial charge in [-0.3, -0.25) is 14.7 Å². The number of nitrogens with zero attached hydrogens (tertiary/aromatic N) is 3. The van der Waals surface area contributed by atoms with Gasteiger partial charge in [0.1, 0.15) is 11.7 Å². The highest BCUT2D eigenvalue weighted by Gasteiger charge is 2.37. The van der Waals surface area contributed by atoms with Gasteiger partial charge in [-0.15, -0.1) is 0 Å². The van der Waals surface area contributed by atoms with Crippen LogP contribution in [0.25, 0.3) is 0 Å². The maximum absolute atomic E-state index is 13.4. The molecule has 1 saturated carbocycles. The third-order valence-corrected chi connectivity index (χ3v) is 9.74. The van der Waals surface area contributed by atoms with Crippen molar-refractivity contribution in [2.75, 3.05) is 26.2 Å². The first-order valence-electron chi connectivity index (χ1n) is 17.2. The number of carbonyl (C=O) groups excluding carboxylic acids is 2. The van der Waals surface area contributed by atoms with Gasteiger partial charge >= 0.3 is 12.1 Å². The molecule has 1 aliphatic carbocycles. The lowest BCUT2D eigenvalue weighted by Crippen LogP contribution is -2.53. The highest BCUT2D eigenvalue weighted by molar-refractivity contribution is 5.70. The molecule has 1 amide bonds. The Kier molecular flexibility index (Phi) is 13.2. The van der Waals surface area contributed by atoms with Crippen LogP contribution in [0.3, 0.4) is 0 Å². The third-order valence-electron chi connectivity index (χ3n) is 9.74. The number of piperazine rings is 1. The van der Waals surface area contributed by atoms with Crippen molar-refractivity contribution in [3.8, 4) is 0 Å². The number of esters is 1. The molecule has 45 heavy (non-hydrogen) atoms. The molecule has 2 fully saturated rings. The van der Waals surface area contributed by atoms with E-state index >= 15 is 0 Å². The van der Waals surface area contributed by atoms with Crippen molar-refractivity contribution < 1.29 is 24.2 Å². The molecule has 8 nitrogen and oxygen atoms in total.